The van der Waals surface area contributed by atoms with Crippen LogP contribution >= 0.6 is 0 Å². The van der Waals surface area contributed by atoms with Gasteiger partial charge in [-0.15, -0.1) is 0 Å². The first-order valence-corrected chi connectivity index (χ1v) is 7.34. The lowest BCUT2D eigenvalue weighted by molar-refractivity contribution is -0.0436. The van der Waals surface area contributed by atoms with E-state index in [-0.39, 0.29) is 6.61 Å². The van der Waals surface area contributed by atoms with Crippen molar-refractivity contribution in [1.82, 2.24) is 0 Å². The Balaban J connectivity index is 3.02. The molecule has 0 radical (unpaired) electrons. The zero-order valence-electron chi connectivity index (χ0n) is 11.0. The van der Waals surface area contributed by atoms with Gasteiger partial charge in [0.15, 0.2) is 0 Å². The summed E-state index contributed by atoms with van der Waals surface area (Å²) >= 11 is 0. The molecule has 0 aliphatic rings. The van der Waals surface area contributed by atoms with Gasteiger partial charge < -0.3 is 10.4 Å². The maximum atomic E-state index is 12.4. The van der Waals surface area contributed by atoms with Gasteiger partial charge in [-0.25, -0.2) is 8.42 Å². The van der Waals surface area contributed by atoms with E-state index < -0.39 is 25.8 Å². The number of alkyl halides is 3. The molecule has 1 unspecified atom stereocenters. The van der Waals surface area contributed by atoms with E-state index >= 15 is 0 Å². The third-order valence-corrected chi connectivity index (χ3v) is 4.55. The van der Waals surface area contributed by atoms with Crippen LogP contribution in [0.15, 0.2) is 29.2 Å². The van der Waals surface area contributed by atoms with E-state index in [4.69, 9.17) is 0 Å². The summed E-state index contributed by atoms with van der Waals surface area (Å²) < 4.78 is 59.4. The maximum Gasteiger partial charge on any atom is 0.501 e. The van der Waals surface area contributed by atoms with E-state index in [2.05, 4.69) is 5.32 Å². The van der Waals surface area contributed by atoms with Gasteiger partial charge in [0.25, 0.3) is 9.84 Å². The number of hydrogen-bond donors (Lipinski definition) is 2. The number of rotatable bonds is 5. The minimum Gasteiger partial charge on any atom is -0.394 e. The number of halogens is 3. The van der Waals surface area contributed by atoms with Crippen molar-refractivity contribution in [2.24, 2.45) is 0 Å². The van der Waals surface area contributed by atoms with Crippen molar-refractivity contribution >= 4 is 15.5 Å². The molecule has 0 aliphatic carbocycles. The lowest BCUT2D eigenvalue weighted by atomic mass is 10.00. The fraction of sp³-hybridized carbons (Fsp3) is 0.500. The Morgan fingerprint density at radius 2 is 1.70 bits per heavy atom. The summed E-state index contributed by atoms with van der Waals surface area (Å²) in [5, 5.41) is 12.2. The van der Waals surface area contributed by atoms with Gasteiger partial charge in [-0.05, 0) is 37.6 Å². The standard InChI is InChI=1S/C12H16F3NO3S/c1-3-11(2,8-17)16-9-4-6-10(7-5-9)20(18,19)12(13,14)15/h4-7,16-17H,3,8H2,1-2H3. The van der Waals surface area contributed by atoms with Crippen molar-refractivity contribution in [3.8, 4) is 0 Å². The molecule has 1 aromatic rings. The van der Waals surface area contributed by atoms with Crippen LogP contribution in [0.5, 0.6) is 0 Å². The van der Waals surface area contributed by atoms with Crippen molar-refractivity contribution in [1.29, 1.82) is 0 Å². The van der Waals surface area contributed by atoms with E-state index in [1.807, 2.05) is 6.92 Å². The highest BCUT2D eigenvalue weighted by molar-refractivity contribution is 7.92. The van der Waals surface area contributed by atoms with Gasteiger partial charge in [-0.3, -0.25) is 0 Å². The fourth-order valence-corrected chi connectivity index (χ4v) is 2.20. The minimum atomic E-state index is -5.33. The Kier molecular flexibility index (Phi) is 4.70. The molecular formula is C12H16F3NO3S. The van der Waals surface area contributed by atoms with Crippen LogP contribution < -0.4 is 5.32 Å². The van der Waals surface area contributed by atoms with Crippen LogP contribution in [0.4, 0.5) is 18.9 Å². The van der Waals surface area contributed by atoms with Crippen LogP contribution in [0, 0.1) is 0 Å². The highest BCUT2D eigenvalue weighted by atomic mass is 32.2. The number of anilines is 1. The van der Waals surface area contributed by atoms with Crippen molar-refractivity contribution in [3.63, 3.8) is 0 Å². The topological polar surface area (TPSA) is 66.4 Å². The molecule has 0 aromatic heterocycles. The Morgan fingerprint density at radius 1 is 1.20 bits per heavy atom. The predicted molar refractivity (Wildman–Crippen MR) is 69.1 cm³/mol. The zero-order chi connectivity index (χ0) is 15.6. The van der Waals surface area contributed by atoms with Crippen LogP contribution in [0.25, 0.3) is 0 Å². The molecular weight excluding hydrogens is 295 g/mol. The molecule has 0 amide bonds. The minimum absolute atomic E-state index is 0.161. The monoisotopic (exact) mass is 311 g/mol. The molecule has 0 spiro atoms. The lowest BCUT2D eigenvalue weighted by Crippen LogP contribution is -2.37. The van der Waals surface area contributed by atoms with Crippen molar-refractivity contribution < 1.29 is 26.7 Å². The number of sulfone groups is 1. The summed E-state index contributed by atoms with van der Waals surface area (Å²) in [4.78, 5) is -0.808. The van der Waals surface area contributed by atoms with Gasteiger partial charge in [-0.2, -0.15) is 13.2 Å². The van der Waals surface area contributed by atoms with Crippen molar-refractivity contribution in [3.05, 3.63) is 24.3 Å². The van der Waals surface area contributed by atoms with Gasteiger partial charge in [-0.1, -0.05) is 6.92 Å². The van der Waals surface area contributed by atoms with Gasteiger partial charge >= 0.3 is 5.51 Å². The second-order valence-corrected chi connectivity index (χ2v) is 6.61. The van der Waals surface area contributed by atoms with Gasteiger partial charge in [0.2, 0.25) is 0 Å². The first-order chi connectivity index (χ1) is 9.05. The van der Waals surface area contributed by atoms with Crippen LogP contribution in [-0.4, -0.2) is 31.2 Å². The molecule has 2 N–H and O–H groups in total. The summed E-state index contributed by atoms with van der Waals surface area (Å²) in [6.07, 6.45) is 0.589. The summed E-state index contributed by atoms with van der Waals surface area (Å²) in [5.41, 5.74) is -5.50. The Morgan fingerprint density at radius 3 is 2.05 bits per heavy atom. The molecule has 0 saturated carbocycles. The molecule has 0 bridgehead atoms. The predicted octanol–water partition coefficient (Wildman–Crippen LogP) is 2.55. The SMILES string of the molecule is CCC(C)(CO)Nc1ccc(S(=O)(=O)C(F)(F)F)cc1. The third-order valence-electron chi connectivity index (χ3n) is 3.04. The first kappa shape index (κ1) is 16.8. The summed E-state index contributed by atoms with van der Waals surface area (Å²) in [6.45, 7) is 3.42. The summed E-state index contributed by atoms with van der Waals surface area (Å²) in [7, 11) is -5.33. The van der Waals surface area contributed by atoms with Gasteiger partial charge in [0.05, 0.1) is 17.0 Å². The van der Waals surface area contributed by atoms with E-state index in [1.54, 1.807) is 6.92 Å². The molecule has 0 aliphatic heterocycles. The molecule has 4 nitrogen and oxygen atoms in total. The third kappa shape index (κ3) is 3.43. The average Bonchev–Trinajstić information content (AvgIpc) is 2.38. The fourth-order valence-electron chi connectivity index (χ4n) is 1.44. The summed E-state index contributed by atoms with van der Waals surface area (Å²) in [6, 6.07) is 4.25. The second kappa shape index (κ2) is 5.61. The quantitative estimate of drug-likeness (QED) is 0.877. The van der Waals surface area contributed by atoms with Gasteiger partial charge in [0.1, 0.15) is 0 Å². The highest BCUT2D eigenvalue weighted by Crippen LogP contribution is 2.31. The highest BCUT2D eigenvalue weighted by Gasteiger charge is 2.46. The number of aliphatic hydroxyl groups excluding tert-OH is 1. The number of nitrogens with one attached hydrogen (secondary N) is 1. The van der Waals surface area contributed by atoms with Crippen molar-refractivity contribution in [2.45, 2.75) is 36.2 Å². The Hall–Kier alpha value is -1.28. The molecule has 0 heterocycles. The Bertz CT molecular complexity index is 548. The summed E-state index contributed by atoms with van der Waals surface area (Å²) in [5.74, 6) is 0. The zero-order valence-corrected chi connectivity index (χ0v) is 11.8. The van der Waals surface area contributed by atoms with Gasteiger partial charge in [0, 0.05) is 5.69 Å². The van der Waals surface area contributed by atoms with E-state index in [0.717, 1.165) is 12.1 Å². The number of aliphatic hydroxyl groups is 1. The number of hydrogen-bond acceptors (Lipinski definition) is 4. The molecule has 0 fully saturated rings. The molecule has 1 atom stereocenters. The average molecular weight is 311 g/mol. The second-order valence-electron chi connectivity index (χ2n) is 4.67. The molecule has 0 saturated heterocycles. The smallest absolute Gasteiger partial charge is 0.394 e. The molecule has 8 heteroatoms. The van der Waals surface area contributed by atoms with Crippen LogP contribution in [-0.2, 0) is 9.84 Å². The maximum absolute atomic E-state index is 12.4. The Labute approximate surface area is 115 Å². The molecule has 1 aromatic carbocycles. The molecule has 1 rings (SSSR count). The van der Waals surface area contributed by atoms with Crippen molar-refractivity contribution in [2.75, 3.05) is 11.9 Å². The van der Waals surface area contributed by atoms with Crippen LogP contribution in [0.3, 0.4) is 0 Å². The number of benzene rings is 1. The first-order valence-electron chi connectivity index (χ1n) is 5.86. The van der Waals surface area contributed by atoms with Crippen LogP contribution in [0.1, 0.15) is 20.3 Å². The van der Waals surface area contributed by atoms with E-state index in [0.29, 0.717) is 12.1 Å². The van der Waals surface area contributed by atoms with E-state index in [1.165, 1.54) is 12.1 Å². The van der Waals surface area contributed by atoms with E-state index in [9.17, 15) is 26.7 Å². The molecule has 20 heavy (non-hydrogen) atoms. The van der Waals surface area contributed by atoms with Crippen LogP contribution in [0.2, 0.25) is 0 Å². The lowest BCUT2D eigenvalue weighted by Gasteiger charge is -2.28. The largest absolute Gasteiger partial charge is 0.501 e. The molecule has 114 valence electrons. The normalized spacial score (nSPS) is 15.7.